The molecule has 11 nitrogen and oxygen atoms in total. The van der Waals surface area contributed by atoms with E-state index in [4.69, 9.17) is 4.74 Å². The Morgan fingerprint density at radius 1 is 1.05 bits per heavy atom. The van der Waals surface area contributed by atoms with E-state index in [9.17, 15) is 13.2 Å². The number of sulfonamides is 1. The molecule has 1 aromatic carbocycles. The van der Waals surface area contributed by atoms with Gasteiger partial charge < -0.3 is 14.6 Å². The SMILES string of the molecule is COc1ccc2nc(NC(=O)C(CC3CCCC3)c3ccc(S(=O)(=O)N4CCN(CCn5ccnc5)CC4)cc3)sc2n1. The van der Waals surface area contributed by atoms with Gasteiger partial charge in [0.1, 0.15) is 10.3 Å². The van der Waals surface area contributed by atoms with Crippen LogP contribution >= 0.6 is 11.3 Å². The summed E-state index contributed by atoms with van der Waals surface area (Å²) in [6.45, 7) is 3.94. The van der Waals surface area contributed by atoms with Gasteiger partial charge >= 0.3 is 0 Å². The molecule has 3 aromatic heterocycles. The molecule has 4 heterocycles. The molecule has 0 radical (unpaired) electrons. The fourth-order valence-corrected chi connectivity index (χ4v) is 8.28. The molecule has 1 saturated heterocycles. The van der Waals surface area contributed by atoms with Crippen molar-refractivity contribution in [3.63, 3.8) is 0 Å². The number of ether oxygens (including phenoxy) is 1. The summed E-state index contributed by atoms with van der Waals surface area (Å²) in [5.74, 6) is 0.412. The third kappa shape index (κ3) is 6.90. The third-order valence-corrected chi connectivity index (χ3v) is 11.3. The lowest BCUT2D eigenvalue weighted by Crippen LogP contribution is -2.49. The van der Waals surface area contributed by atoms with Gasteiger partial charge in [-0.1, -0.05) is 49.2 Å². The minimum atomic E-state index is -3.63. The van der Waals surface area contributed by atoms with Crippen molar-refractivity contribution in [1.82, 2.24) is 28.7 Å². The van der Waals surface area contributed by atoms with Crippen LogP contribution in [0.25, 0.3) is 10.3 Å². The summed E-state index contributed by atoms with van der Waals surface area (Å²) in [5, 5.41) is 3.50. The number of carbonyl (C=O) groups excluding carboxylic acids is 1. The highest BCUT2D eigenvalue weighted by molar-refractivity contribution is 7.89. The fourth-order valence-electron chi connectivity index (χ4n) is 6.02. The molecule has 13 heteroatoms. The lowest BCUT2D eigenvalue weighted by molar-refractivity contribution is -0.118. The maximum Gasteiger partial charge on any atom is 0.243 e. The number of rotatable bonds is 11. The molecule has 1 atom stereocenters. The minimum Gasteiger partial charge on any atom is -0.481 e. The van der Waals surface area contributed by atoms with Crippen molar-refractivity contribution < 1.29 is 17.9 Å². The first kappa shape index (κ1) is 29.7. The number of fused-ring (bicyclic) bond motifs is 1. The predicted octanol–water partition coefficient (Wildman–Crippen LogP) is 4.21. The quantitative estimate of drug-likeness (QED) is 0.264. The van der Waals surface area contributed by atoms with E-state index in [0.717, 1.165) is 37.9 Å². The molecule has 1 amide bonds. The van der Waals surface area contributed by atoms with E-state index >= 15 is 0 Å². The molecule has 1 aliphatic heterocycles. The monoisotopic (exact) mass is 623 g/mol. The maximum atomic E-state index is 13.7. The van der Waals surface area contributed by atoms with E-state index in [-0.39, 0.29) is 10.8 Å². The molecule has 1 N–H and O–H groups in total. The second-order valence-electron chi connectivity index (χ2n) is 11.2. The molecular weight excluding hydrogens is 587 g/mol. The normalized spacial score (nSPS) is 17.8. The summed E-state index contributed by atoms with van der Waals surface area (Å²) in [6.07, 6.45) is 10.8. The van der Waals surface area contributed by atoms with Crippen molar-refractivity contribution in [3.05, 3.63) is 60.7 Å². The second kappa shape index (κ2) is 13.1. The molecule has 2 fully saturated rings. The number of piperazine rings is 1. The van der Waals surface area contributed by atoms with Crippen molar-refractivity contribution in [2.45, 2.75) is 49.5 Å². The Labute approximate surface area is 256 Å². The zero-order valence-electron chi connectivity index (χ0n) is 24.3. The van der Waals surface area contributed by atoms with Gasteiger partial charge in [0.15, 0.2) is 5.13 Å². The minimum absolute atomic E-state index is 0.139. The third-order valence-electron chi connectivity index (χ3n) is 8.51. The van der Waals surface area contributed by atoms with Gasteiger partial charge in [0.05, 0.1) is 24.3 Å². The number of benzene rings is 1. The summed E-state index contributed by atoms with van der Waals surface area (Å²) in [6, 6.07) is 10.5. The molecule has 1 unspecified atom stereocenters. The van der Waals surface area contributed by atoms with Gasteiger partial charge in [-0.25, -0.2) is 23.4 Å². The average Bonchev–Trinajstić information content (AvgIpc) is 3.81. The average molecular weight is 624 g/mol. The Balaban J connectivity index is 1.13. The lowest BCUT2D eigenvalue weighted by Gasteiger charge is -2.34. The van der Waals surface area contributed by atoms with Crippen LogP contribution in [0.3, 0.4) is 0 Å². The van der Waals surface area contributed by atoms with Crippen molar-refractivity contribution in [1.29, 1.82) is 0 Å². The first-order valence-electron chi connectivity index (χ1n) is 14.8. The molecule has 1 saturated carbocycles. The predicted molar refractivity (Wildman–Crippen MR) is 166 cm³/mol. The van der Waals surface area contributed by atoms with E-state index < -0.39 is 15.9 Å². The molecule has 0 bridgehead atoms. The number of amides is 1. The topological polar surface area (TPSA) is 123 Å². The molecule has 4 aromatic rings. The van der Waals surface area contributed by atoms with Crippen LogP contribution in [0.5, 0.6) is 5.88 Å². The van der Waals surface area contributed by atoms with Gasteiger partial charge in [-0.3, -0.25) is 9.69 Å². The largest absolute Gasteiger partial charge is 0.481 e. The number of hydrogen-bond donors (Lipinski definition) is 1. The van der Waals surface area contributed by atoms with E-state index in [2.05, 4.69) is 25.2 Å². The number of pyridine rings is 1. The van der Waals surface area contributed by atoms with Gasteiger partial charge in [0.2, 0.25) is 21.8 Å². The number of carbonyl (C=O) groups is 1. The summed E-state index contributed by atoms with van der Waals surface area (Å²) in [4.78, 5) is 29.9. The van der Waals surface area contributed by atoms with E-state index in [1.54, 1.807) is 54.3 Å². The first-order chi connectivity index (χ1) is 20.9. The number of thiazole rings is 1. The Bertz CT molecular complexity index is 1630. The van der Waals surface area contributed by atoms with Crippen LogP contribution in [0.15, 0.2) is 60.0 Å². The number of hydrogen-bond acceptors (Lipinski definition) is 9. The van der Waals surface area contributed by atoms with Crippen LogP contribution in [-0.4, -0.2) is 82.9 Å². The Morgan fingerprint density at radius 3 is 2.51 bits per heavy atom. The number of aromatic nitrogens is 4. The summed E-state index contributed by atoms with van der Waals surface area (Å²) in [5.41, 5.74) is 1.51. The molecule has 0 spiro atoms. The molecule has 2 aliphatic rings. The van der Waals surface area contributed by atoms with Crippen molar-refractivity contribution in [2.75, 3.05) is 45.2 Å². The Morgan fingerprint density at radius 2 is 1.81 bits per heavy atom. The van der Waals surface area contributed by atoms with Gasteiger partial charge in [0, 0.05) is 57.7 Å². The van der Waals surface area contributed by atoms with E-state index in [1.165, 1.54) is 24.2 Å². The Kier molecular flexibility index (Phi) is 9.03. The van der Waals surface area contributed by atoms with Crippen LogP contribution in [0.1, 0.15) is 43.6 Å². The lowest BCUT2D eigenvalue weighted by atomic mass is 9.87. The number of nitrogens with zero attached hydrogens (tertiary/aromatic N) is 6. The molecule has 1 aliphatic carbocycles. The summed E-state index contributed by atoms with van der Waals surface area (Å²) >= 11 is 1.31. The highest BCUT2D eigenvalue weighted by Gasteiger charge is 2.31. The van der Waals surface area contributed by atoms with Crippen LogP contribution in [-0.2, 0) is 21.4 Å². The number of nitrogens with one attached hydrogen (secondary N) is 1. The zero-order chi connectivity index (χ0) is 29.8. The molecule has 228 valence electrons. The molecule has 6 rings (SSSR count). The first-order valence-corrected chi connectivity index (χ1v) is 17.1. The number of imidazole rings is 1. The second-order valence-corrected chi connectivity index (χ2v) is 14.2. The maximum absolute atomic E-state index is 13.7. The number of anilines is 1. The van der Waals surface area contributed by atoms with Crippen molar-refractivity contribution in [3.8, 4) is 5.88 Å². The molecule has 43 heavy (non-hydrogen) atoms. The molecular formula is C30H37N7O4S2. The van der Waals surface area contributed by atoms with Gasteiger partial charge in [0.25, 0.3) is 0 Å². The highest BCUT2D eigenvalue weighted by atomic mass is 32.2. The van der Waals surface area contributed by atoms with E-state index in [0.29, 0.717) is 53.5 Å². The van der Waals surface area contributed by atoms with E-state index in [1.807, 2.05) is 16.8 Å². The standard InChI is InChI=1S/C30H37N7O4S2/c1-41-27-11-10-26-29(33-27)42-30(32-26)34-28(38)25(20-22-4-2-3-5-22)23-6-8-24(9-7-23)43(39,40)37-18-16-35(17-19-37)14-15-36-13-12-31-21-36/h6-13,21-22,25H,2-5,14-20H2,1H3,(H,32,34,38). The van der Waals surface area contributed by atoms with Crippen molar-refractivity contribution >= 4 is 42.7 Å². The summed E-state index contributed by atoms with van der Waals surface area (Å²) in [7, 11) is -2.07. The zero-order valence-corrected chi connectivity index (χ0v) is 25.9. The number of methoxy groups -OCH3 is 1. The van der Waals surface area contributed by atoms with Crippen molar-refractivity contribution in [2.24, 2.45) is 5.92 Å². The van der Waals surface area contributed by atoms with Crippen LogP contribution in [0, 0.1) is 5.92 Å². The van der Waals surface area contributed by atoms with Gasteiger partial charge in [-0.15, -0.1) is 0 Å². The summed E-state index contributed by atoms with van der Waals surface area (Å²) < 4.78 is 35.8. The highest BCUT2D eigenvalue weighted by Crippen LogP contribution is 2.36. The fraction of sp³-hybridized carbons (Fsp3) is 0.467. The Hall–Kier alpha value is -3.39. The van der Waals surface area contributed by atoms with Gasteiger partial charge in [-0.2, -0.15) is 4.31 Å². The van der Waals surface area contributed by atoms with Crippen LogP contribution in [0.4, 0.5) is 5.13 Å². The van der Waals surface area contributed by atoms with Crippen LogP contribution in [0.2, 0.25) is 0 Å². The smallest absolute Gasteiger partial charge is 0.243 e. The van der Waals surface area contributed by atoms with Crippen LogP contribution < -0.4 is 10.1 Å². The van der Waals surface area contributed by atoms with Gasteiger partial charge in [-0.05, 0) is 36.1 Å².